The third kappa shape index (κ3) is 4.06. The molecule has 2 aromatic rings. The summed E-state index contributed by atoms with van der Waals surface area (Å²) in [5.41, 5.74) is 3.05. The van der Waals surface area contributed by atoms with E-state index in [4.69, 9.17) is 0 Å². The van der Waals surface area contributed by atoms with Crippen LogP contribution in [0, 0.1) is 6.92 Å². The predicted octanol–water partition coefficient (Wildman–Crippen LogP) is 2.54. The van der Waals surface area contributed by atoms with Crippen molar-refractivity contribution < 1.29 is 8.42 Å². The van der Waals surface area contributed by atoms with Gasteiger partial charge in [-0.25, -0.2) is 13.1 Å². The Morgan fingerprint density at radius 2 is 1.52 bits per heavy atom. The van der Waals surface area contributed by atoms with E-state index in [1.807, 2.05) is 50.2 Å². The molecule has 0 spiro atoms. The average molecular weight is 304 g/mol. The first-order valence-electron chi connectivity index (χ1n) is 6.71. The van der Waals surface area contributed by atoms with Crippen molar-refractivity contribution in [3.8, 4) is 0 Å². The Kier molecular flexibility index (Phi) is 4.65. The maximum Gasteiger partial charge on any atom is 0.240 e. The highest BCUT2D eigenvalue weighted by atomic mass is 32.2. The number of anilines is 1. The summed E-state index contributed by atoms with van der Waals surface area (Å²) in [7, 11) is 0.473. The van der Waals surface area contributed by atoms with Gasteiger partial charge in [-0.05, 0) is 36.8 Å². The van der Waals surface area contributed by atoms with Crippen LogP contribution < -0.4 is 9.62 Å². The molecule has 5 heteroatoms. The molecule has 1 N–H and O–H groups in total. The van der Waals surface area contributed by atoms with E-state index in [-0.39, 0.29) is 11.4 Å². The molecule has 0 saturated carbocycles. The summed E-state index contributed by atoms with van der Waals surface area (Å²) in [4.78, 5) is 2.29. The summed E-state index contributed by atoms with van der Waals surface area (Å²) in [6.45, 7) is 2.21. The molecule has 2 aromatic carbocycles. The summed E-state index contributed by atoms with van der Waals surface area (Å²) in [6, 6.07) is 14.6. The number of aryl methyl sites for hydroxylation is 1. The lowest BCUT2D eigenvalue weighted by Crippen LogP contribution is -2.23. The van der Waals surface area contributed by atoms with Gasteiger partial charge in [0.05, 0.1) is 4.90 Å². The van der Waals surface area contributed by atoms with E-state index in [0.29, 0.717) is 0 Å². The summed E-state index contributed by atoms with van der Waals surface area (Å²) >= 11 is 0. The van der Waals surface area contributed by atoms with Gasteiger partial charge in [0.25, 0.3) is 0 Å². The Balaban J connectivity index is 2.06. The standard InChI is InChI=1S/C16H20N2O2S/c1-13-4-10-16(11-5-13)21(19,20)17-12-14-6-8-15(9-7-14)18(2)3/h4-11,17H,12H2,1-3H3. The van der Waals surface area contributed by atoms with Gasteiger partial charge in [-0.15, -0.1) is 0 Å². The van der Waals surface area contributed by atoms with E-state index in [1.54, 1.807) is 24.3 Å². The van der Waals surface area contributed by atoms with Gasteiger partial charge in [-0.1, -0.05) is 29.8 Å². The van der Waals surface area contributed by atoms with Gasteiger partial charge in [0.15, 0.2) is 0 Å². The molecule has 0 saturated heterocycles. The van der Waals surface area contributed by atoms with Gasteiger partial charge in [0, 0.05) is 26.3 Å². The fraction of sp³-hybridized carbons (Fsp3) is 0.250. The molecular formula is C16H20N2O2S. The molecular weight excluding hydrogens is 284 g/mol. The molecule has 2 rings (SSSR count). The van der Waals surface area contributed by atoms with Gasteiger partial charge in [-0.2, -0.15) is 0 Å². The quantitative estimate of drug-likeness (QED) is 0.923. The zero-order valence-electron chi connectivity index (χ0n) is 12.5. The minimum absolute atomic E-state index is 0.282. The maximum atomic E-state index is 12.2. The molecule has 0 aliphatic carbocycles. The van der Waals surface area contributed by atoms with Gasteiger partial charge in [0.1, 0.15) is 0 Å². The average Bonchev–Trinajstić information content (AvgIpc) is 2.46. The zero-order chi connectivity index (χ0) is 15.5. The Bertz CT molecular complexity index is 690. The zero-order valence-corrected chi connectivity index (χ0v) is 13.3. The van der Waals surface area contributed by atoms with E-state index in [0.717, 1.165) is 16.8 Å². The molecule has 4 nitrogen and oxygen atoms in total. The van der Waals surface area contributed by atoms with Gasteiger partial charge < -0.3 is 4.90 Å². The Morgan fingerprint density at radius 1 is 0.952 bits per heavy atom. The van der Waals surface area contributed by atoms with Crippen LogP contribution in [0.2, 0.25) is 0 Å². The smallest absolute Gasteiger partial charge is 0.240 e. The van der Waals surface area contributed by atoms with Crippen LogP contribution in [0.1, 0.15) is 11.1 Å². The number of benzene rings is 2. The first-order valence-corrected chi connectivity index (χ1v) is 8.19. The van der Waals surface area contributed by atoms with Crippen molar-refractivity contribution in [2.45, 2.75) is 18.4 Å². The molecule has 0 aliphatic heterocycles. The topological polar surface area (TPSA) is 49.4 Å². The number of hydrogen-bond donors (Lipinski definition) is 1. The van der Waals surface area contributed by atoms with E-state index < -0.39 is 10.0 Å². The second kappa shape index (κ2) is 6.28. The van der Waals surface area contributed by atoms with Crippen molar-refractivity contribution in [2.75, 3.05) is 19.0 Å². The number of rotatable bonds is 5. The SMILES string of the molecule is Cc1ccc(S(=O)(=O)NCc2ccc(N(C)C)cc2)cc1. The molecule has 0 fully saturated rings. The molecule has 0 atom stereocenters. The lowest BCUT2D eigenvalue weighted by atomic mass is 10.2. The highest BCUT2D eigenvalue weighted by Gasteiger charge is 2.13. The molecule has 0 amide bonds. The van der Waals surface area contributed by atoms with Crippen molar-refractivity contribution in [1.29, 1.82) is 0 Å². The molecule has 112 valence electrons. The van der Waals surface area contributed by atoms with Crippen LogP contribution in [0.25, 0.3) is 0 Å². The molecule has 0 unspecified atom stereocenters. The van der Waals surface area contributed by atoms with Crippen molar-refractivity contribution in [1.82, 2.24) is 4.72 Å². The number of nitrogens with zero attached hydrogens (tertiary/aromatic N) is 1. The predicted molar refractivity (Wildman–Crippen MR) is 86.0 cm³/mol. The van der Waals surface area contributed by atoms with Crippen molar-refractivity contribution in [3.63, 3.8) is 0 Å². The van der Waals surface area contributed by atoms with E-state index in [1.165, 1.54) is 0 Å². The van der Waals surface area contributed by atoms with E-state index in [9.17, 15) is 8.42 Å². The van der Waals surface area contributed by atoms with Crippen LogP contribution in [0.4, 0.5) is 5.69 Å². The van der Waals surface area contributed by atoms with Crippen LogP contribution in [0.3, 0.4) is 0 Å². The van der Waals surface area contributed by atoms with Crippen molar-refractivity contribution in [3.05, 3.63) is 59.7 Å². The lowest BCUT2D eigenvalue weighted by molar-refractivity contribution is 0.581. The fourth-order valence-corrected chi connectivity index (χ4v) is 2.91. The van der Waals surface area contributed by atoms with Crippen molar-refractivity contribution in [2.24, 2.45) is 0 Å². The second-order valence-electron chi connectivity index (χ2n) is 5.20. The third-order valence-corrected chi connectivity index (χ3v) is 4.67. The van der Waals surface area contributed by atoms with Gasteiger partial charge >= 0.3 is 0 Å². The van der Waals surface area contributed by atoms with Gasteiger partial charge in [-0.3, -0.25) is 0 Å². The molecule has 0 heterocycles. The lowest BCUT2D eigenvalue weighted by Gasteiger charge is -2.13. The fourth-order valence-electron chi connectivity index (χ4n) is 1.89. The number of sulfonamides is 1. The van der Waals surface area contributed by atoms with E-state index in [2.05, 4.69) is 4.72 Å². The molecule has 0 bridgehead atoms. The molecule has 0 aliphatic rings. The normalized spacial score (nSPS) is 11.4. The van der Waals surface area contributed by atoms with Gasteiger partial charge in [0.2, 0.25) is 10.0 Å². The van der Waals surface area contributed by atoms with Crippen LogP contribution >= 0.6 is 0 Å². The Hall–Kier alpha value is -1.85. The van der Waals surface area contributed by atoms with Crippen LogP contribution in [-0.2, 0) is 16.6 Å². The van der Waals surface area contributed by atoms with Crippen LogP contribution in [-0.4, -0.2) is 22.5 Å². The third-order valence-electron chi connectivity index (χ3n) is 3.25. The maximum absolute atomic E-state index is 12.2. The monoisotopic (exact) mass is 304 g/mol. The second-order valence-corrected chi connectivity index (χ2v) is 6.97. The van der Waals surface area contributed by atoms with E-state index >= 15 is 0 Å². The molecule has 21 heavy (non-hydrogen) atoms. The first-order chi connectivity index (χ1) is 9.88. The minimum Gasteiger partial charge on any atom is -0.378 e. The summed E-state index contributed by atoms with van der Waals surface area (Å²) in [5.74, 6) is 0. The van der Waals surface area contributed by atoms with Crippen molar-refractivity contribution >= 4 is 15.7 Å². The number of hydrogen-bond acceptors (Lipinski definition) is 3. The molecule has 0 radical (unpaired) electrons. The highest BCUT2D eigenvalue weighted by Crippen LogP contribution is 2.14. The first kappa shape index (κ1) is 15.5. The summed E-state index contributed by atoms with van der Waals surface area (Å²) in [6.07, 6.45) is 0. The van der Waals surface area contributed by atoms with Crippen LogP contribution in [0.5, 0.6) is 0 Å². The largest absolute Gasteiger partial charge is 0.378 e. The summed E-state index contributed by atoms with van der Waals surface area (Å²) in [5, 5.41) is 0. The minimum atomic E-state index is -3.46. The number of nitrogens with one attached hydrogen (secondary N) is 1. The van der Waals surface area contributed by atoms with Crippen LogP contribution in [0.15, 0.2) is 53.4 Å². The Morgan fingerprint density at radius 3 is 2.05 bits per heavy atom. The molecule has 0 aromatic heterocycles. The summed E-state index contributed by atoms with van der Waals surface area (Å²) < 4.78 is 27.0. The Labute approximate surface area is 126 Å². The highest BCUT2D eigenvalue weighted by molar-refractivity contribution is 7.89.